The summed E-state index contributed by atoms with van der Waals surface area (Å²) in [4.78, 5) is 34.9. The summed E-state index contributed by atoms with van der Waals surface area (Å²) in [5, 5.41) is 3.05. The normalized spacial score (nSPS) is 10.9. The molecule has 19 heavy (non-hydrogen) atoms. The molecular formula is C13H16O5S. The van der Waals surface area contributed by atoms with Gasteiger partial charge in [-0.25, -0.2) is 4.79 Å². The van der Waals surface area contributed by atoms with Gasteiger partial charge >= 0.3 is 11.9 Å². The van der Waals surface area contributed by atoms with Gasteiger partial charge in [0.05, 0.1) is 12.7 Å². The molecule has 0 spiro atoms. The third-order valence-corrected chi connectivity index (χ3v) is 2.84. The summed E-state index contributed by atoms with van der Waals surface area (Å²) in [6.07, 6.45) is -0.391. The van der Waals surface area contributed by atoms with E-state index >= 15 is 0 Å². The van der Waals surface area contributed by atoms with E-state index in [1.807, 2.05) is 0 Å². The fourth-order valence-corrected chi connectivity index (χ4v) is 2.21. The van der Waals surface area contributed by atoms with Crippen LogP contribution in [0.25, 0.3) is 0 Å². The molecule has 0 aliphatic heterocycles. The van der Waals surface area contributed by atoms with Crippen LogP contribution >= 0.6 is 11.3 Å². The monoisotopic (exact) mass is 284 g/mol. The minimum absolute atomic E-state index is 0.182. The molecule has 1 rings (SSSR count). The van der Waals surface area contributed by atoms with Crippen molar-refractivity contribution < 1.29 is 23.9 Å². The molecule has 6 heteroatoms. The highest BCUT2D eigenvalue weighted by molar-refractivity contribution is 7.08. The quantitative estimate of drug-likeness (QED) is 0.482. The molecule has 1 aromatic rings. The van der Waals surface area contributed by atoms with E-state index in [4.69, 9.17) is 4.74 Å². The largest absolute Gasteiger partial charge is 0.465 e. The first kappa shape index (κ1) is 15.4. The number of hydrogen-bond donors (Lipinski definition) is 0. The number of thiophene rings is 1. The molecule has 0 aliphatic carbocycles. The molecule has 0 aliphatic rings. The van der Waals surface area contributed by atoms with E-state index in [0.717, 1.165) is 0 Å². The molecule has 0 N–H and O–H groups in total. The Labute approximate surface area is 115 Å². The minimum atomic E-state index is -0.642. The molecular weight excluding hydrogens is 268 g/mol. The van der Waals surface area contributed by atoms with Crippen LogP contribution in [0.4, 0.5) is 0 Å². The molecule has 1 aromatic heterocycles. The van der Waals surface area contributed by atoms with Crippen molar-refractivity contribution in [3.05, 3.63) is 21.9 Å². The van der Waals surface area contributed by atoms with Crippen molar-refractivity contribution in [1.29, 1.82) is 0 Å². The van der Waals surface area contributed by atoms with E-state index in [9.17, 15) is 14.4 Å². The van der Waals surface area contributed by atoms with Crippen molar-refractivity contribution in [1.82, 2.24) is 0 Å². The summed E-state index contributed by atoms with van der Waals surface area (Å²) in [5.41, 5.74) is -0.263. The molecule has 0 aromatic carbocycles. The average molecular weight is 284 g/mol. The number of Topliss-reactive ketones (excluding diaryl/α,β-unsaturated/α-hetero) is 1. The number of carbonyl (C=O) groups excluding carboxylic acids is 3. The summed E-state index contributed by atoms with van der Waals surface area (Å²) in [7, 11) is 1.24. The molecule has 0 fully saturated rings. The zero-order valence-electron chi connectivity index (χ0n) is 11.3. The van der Waals surface area contributed by atoms with Crippen LogP contribution < -0.4 is 0 Å². The van der Waals surface area contributed by atoms with Crippen LogP contribution in [-0.2, 0) is 14.3 Å². The average Bonchev–Trinajstić information content (AvgIpc) is 2.73. The van der Waals surface area contributed by atoms with Gasteiger partial charge in [-0.15, -0.1) is 0 Å². The Balaban J connectivity index is 2.77. The van der Waals surface area contributed by atoms with Gasteiger partial charge in [-0.2, -0.15) is 11.3 Å². The topological polar surface area (TPSA) is 69.7 Å². The van der Waals surface area contributed by atoms with Crippen molar-refractivity contribution in [2.45, 2.75) is 32.8 Å². The van der Waals surface area contributed by atoms with Gasteiger partial charge in [0.15, 0.2) is 5.78 Å². The summed E-state index contributed by atoms with van der Waals surface area (Å²) < 4.78 is 9.63. The Morgan fingerprint density at radius 3 is 2.26 bits per heavy atom. The van der Waals surface area contributed by atoms with Gasteiger partial charge in [0.25, 0.3) is 0 Å². The lowest BCUT2D eigenvalue weighted by molar-refractivity contribution is -0.153. The lowest BCUT2D eigenvalue weighted by atomic mass is 10.1. The van der Waals surface area contributed by atoms with E-state index in [1.54, 1.807) is 20.8 Å². The third-order valence-electron chi connectivity index (χ3n) is 2.09. The Hall–Kier alpha value is -1.69. The van der Waals surface area contributed by atoms with Crippen molar-refractivity contribution >= 4 is 29.1 Å². The van der Waals surface area contributed by atoms with Gasteiger partial charge < -0.3 is 9.47 Å². The number of hydrogen-bond acceptors (Lipinski definition) is 6. The first-order valence-corrected chi connectivity index (χ1v) is 6.58. The van der Waals surface area contributed by atoms with Crippen molar-refractivity contribution in [3.63, 3.8) is 0 Å². The van der Waals surface area contributed by atoms with Crippen LogP contribution in [0.1, 0.15) is 47.9 Å². The Bertz CT molecular complexity index is 495. The van der Waals surface area contributed by atoms with Crippen molar-refractivity contribution in [2.24, 2.45) is 0 Å². The molecule has 0 atom stereocenters. The Morgan fingerprint density at radius 2 is 1.74 bits per heavy atom. The lowest BCUT2D eigenvalue weighted by Crippen LogP contribution is -2.25. The molecule has 0 unspecified atom stereocenters. The fraction of sp³-hybridized carbons (Fsp3) is 0.462. The van der Waals surface area contributed by atoms with E-state index in [-0.39, 0.29) is 11.1 Å². The molecule has 0 amide bonds. The van der Waals surface area contributed by atoms with Crippen LogP contribution in [0, 0.1) is 0 Å². The second kappa shape index (κ2) is 5.97. The fourth-order valence-electron chi connectivity index (χ4n) is 1.38. The Morgan fingerprint density at radius 1 is 1.16 bits per heavy atom. The molecule has 0 saturated carbocycles. The van der Waals surface area contributed by atoms with E-state index in [2.05, 4.69) is 4.74 Å². The van der Waals surface area contributed by atoms with E-state index in [1.165, 1.54) is 29.2 Å². The van der Waals surface area contributed by atoms with Gasteiger partial charge in [-0.1, -0.05) is 0 Å². The molecule has 0 bridgehead atoms. The summed E-state index contributed by atoms with van der Waals surface area (Å²) in [5.74, 6) is -1.65. The predicted molar refractivity (Wildman–Crippen MR) is 70.5 cm³/mol. The number of rotatable bonds is 4. The zero-order chi connectivity index (χ0) is 14.6. The smallest absolute Gasteiger partial charge is 0.339 e. The van der Waals surface area contributed by atoms with Gasteiger partial charge in [0.2, 0.25) is 0 Å². The summed E-state index contributed by atoms with van der Waals surface area (Å²) in [6.45, 7) is 5.17. The molecule has 0 radical (unpaired) electrons. The number of ether oxygens (including phenoxy) is 2. The highest BCUT2D eigenvalue weighted by Gasteiger charge is 2.23. The second-order valence-corrected chi connectivity index (χ2v) is 5.62. The second-order valence-electron chi connectivity index (χ2n) is 4.88. The number of ketones is 1. The third kappa shape index (κ3) is 4.48. The molecule has 5 nitrogen and oxygen atoms in total. The van der Waals surface area contributed by atoms with Crippen molar-refractivity contribution in [2.75, 3.05) is 7.11 Å². The minimum Gasteiger partial charge on any atom is -0.465 e. The maximum atomic E-state index is 11.9. The molecule has 1 heterocycles. The van der Waals surface area contributed by atoms with Gasteiger partial charge in [0.1, 0.15) is 12.0 Å². The van der Waals surface area contributed by atoms with Gasteiger partial charge in [-0.3, -0.25) is 9.59 Å². The van der Waals surface area contributed by atoms with E-state index in [0.29, 0.717) is 0 Å². The molecule has 104 valence electrons. The van der Waals surface area contributed by atoms with Gasteiger partial charge in [0, 0.05) is 16.3 Å². The van der Waals surface area contributed by atoms with E-state index < -0.39 is 29.7 Å². The lowest BCUT2D eigenvalue weighted by Gasteiger charge is -2.19. The maximum Gasteiger partial charge on any atom is 0.339 e. The first-order valence-electron chi connectivity index (χ1n) is 5.64. The first-order chi connectivity index (χ1) is 8.74. The van der Waals surface area contributed by atoms with Gasteiger partial charge in [-0.05, 0) is 20.8 Å². The van der Waals surface area contributed by atoms with Crippen LogP contribution in [0.3, 0.4) is 0 Å². The zero-order valence-corrected chi connectivity index (χ0v) is 12.1. The predicted octanol–water partition coefficient (Wildman–Crippen LogP) is 2.45. The van der Waals surface area contributed by atoms with Crippen molar-refractivity contribution in [3.8, 4) is 0 Å². The van der Waals surface area contributed by atoms with Crippen LogP contribution in [-0.4, -0.2) is 30.4 Å². The number of esters is 2. The highest BCUT2D eigenvalue weighted by atomic mass is 32.1. The molecule has 0 saturated heterocycles. The summed E-state index contributed by atoms with van der Waals surface area (Å²) in [6, 6.07) is 0. The highest BCUT2D eigenvalue weighted by Crippen LogP contribution is 2.19. The van der Waals surface area contributed by atoms with Crippen LogP contribution in [0.5, 0.6) is 0 Å². The standard InChI is InChI=1S/C13H16O5S/c1-13(2,3)18-11(15)5-10(14)8-6-19-7-9(8)12(16)17-4/h6-7H,5H2,1-4H3. The maximum absolute atomic E-state index is 11.9. The van der Waals surface area contributed by atoms with Crippen LogP contribution in [0.2, 0.25) is 0 Å². The Kier molecular flexibility index (Phi) is 4.83. The summed E-state index contributed by atoms with van der Waals surface area (Å²) >= 11 is 1.20. The number of carbonyl (C=O) groups is 3. The SMILES string of the molecule is COC(=O)c1cscc1C(=O)CC(=O)OC(C)(C)C. The number of methoxy groups -OCH3 is 1. The van der Waals surface area contributed by atoms with Crippen LogP contribution in [0.15, 0.2) is 10.8 Å².